The average molecular weight is 197 g/mol. The fourth-order valence-corrected chi connectivity index (χ4v) is 2.85. The van der Waals surface area contributed by atoms with E-state index in [9.17, 15) is 0 Å². The second-order valence-electron chi connectivity index (χ2n) is 4.90. The van der Waals surface area contributed by atoms with Crippen molar-refractivity contribution >= 4 is 0 Å². The predicted molar refractivity (Wildman–Crippen MR) is 58.3 cm³/mol. The van der Waals surface area contributed by atoms with Crippen LogP contribution in [0.2, 0.25) is 0 Å². The molecule has 2 nitrogen and oxygen atoms in total. The Kier molecular flexibility index (Phi) is 3.82. The van der Waals surface area contributed by atoms with E-state index in [1.54, 1.807) is 0 Å². The third kappa shape index (κ3) is 2.71. The molecule has 1 aliphatic carbocycles. The molecule has 82 valence electrons. The van der Waals surface area contributed by atoms with Crippen LogP contribution in [0, 0.1) is 17.8 Å². The summed E-state index contributed by atoms with van der Waals surface area (Å²) in [6.07, 6.45) is 7.05. The molecule has 2 fully saturated rings. The summed E-state index contributed by atoms with van der Waals surface area (Å²) in [7, 11) is 1.85. The average Bonchev–Trinajstić information content (AvgIpc) is 3.02. The van der Waals surface area contributed by atoms with Crippen molar-refractivity contribution in [2.75, 3.05) is 26.8 Å². The standard InChI is InChI=1S/C12H23NO/c1-14-9-12(11-4-5-11)10-3-2-7-13-8-6-10/h10-13H,2-9H2,1H3. The van der Waals surface area contributed by atoms with E-state index in [2.05, 4.69) is 5.32 Å². The minimum absolute atomic E-state index is 0.861. The maximum Gasteiger partial charge on any atom is 0.0495 e. The zero-order valence-electron chi connectivity index (χ0n) is 9.30. The minimum Gasteiger partial charge on any atom is -0.384 e. The summed E-state index contributed by atoms with van der Waals surface area (Å²) in [5.74, 6) is 2.79. The largest absolute Gasteiger partial charge is 0.384 e. The van der Waals surface area contributed by atoms with Crippen LogP contribution < -0.4 is 5.32 Å². The molecule has 1 N–H and O–H groups in total. The molecule has 1 aliphatic heterocycles. The number of hydrogen-bond acceptors (Lipinski definition) is 2. The van der Waals surface area contributed by atoms with Crippen LogP contribution in [0.1, 0.15) is 32.1 Å². The second kappa shape index (κ2) is 5.13. The van der Waals surface area contributed by atoms with Crippen molar-refractivity contribution < 1.29 is 4.74 Å². The molecular formula is C12H23NO. The van der Waals surface area contributed by atoms with E-state index in [-0.39, 0.29) is 0 Å². The van der Waals surface area contributed by atoms with Gasteiger partial charge in [0, 0.05) is 13.7 Å². The molecule has 2 aliphatic rings. The van der Waals surface area contributed by atoms with Crippen molar-refractivity contribution in [3.8, 4) is 0 Å². The van der Waals surface area contributed by atoms with Gasteiger partial charge in [0.2, 0.25) is 0 Å². The molecule has 0 aromatic heterocycles. The zero-order valence-corrected chi connectivity index (χ0v) is 9.30. The normalized spacial score (nSPS) is 31.1. The van der Waals surface area contributed by atoms with Gasteiger partial charge in [-0.15, -0.1) is 0 Å². The fourth-order valence-electron chi connectivity index (χ4n) is 2.85. The summed E-state index contributed by atoms with van der Waals surface area (Å²) >= 11 is 0. The Balaban J connectivity index is 1.86. The summed E-state index contributed by atoms with van der Waals surface area (Å²) in [4.78, 5) is 0. The third-order valence-electron chi connectivity index (χ3n) is 3.81. The lowest BCUT2D eigenvalue weighted by atomic mass is 9.83. The molecule has 0 amide bonds. The van der Waals surface area contributed by atoms with E-state index >= 15 is 0 Å². The molecule has 0 aromatic rings. The van der Waals surface area contributed by atoms with Crippen molar-refractivity contribution in [3.63, 3.8) is 0 Å². The van der Waals surface area contributed by atoms with E-state index in [0.29, 0.717) is 0 Å². The van der Waals surface area contributed by atoms with Crippen molar-refractivity contribution in [1.29, 1.82) is 0 Å². The van der Waals surface area contributed by atoms with Gasteiger partial charge in [0.15, 0.2) is 0 Å². The quantitative estimate of drug-likeness (QED) is 0.745. The molecular weight excluding hydrogens is 174 g/mol. The molecule has 1 heterocycles. The van der Waals surface area contributed by atoms with Crippen LogP contribution in [0.15, 0.2) is 0 Å². The first-order chi connectivity index (χ1) is 6.92. The molecule has 0 bridgehead atoms. The van der Waals surface area contributed by atoms with Crippen LogP contribution in [0.25, 0.3) is 0 Å². The lowest BCUT2D eigenvalue weighted by molar-refractivity contribution is 0.102. The molecule has 0 aromatic carbocycles. The van der Waals surface area contributed by atoms with Crippen molar-refractivity contribution in [2.45, 2.75) is 32.1 Å². The number of ether oxygens (including phenoxy) is 1. The van der Waals surface area contributed by atoms with Gasteiger partial charge in [-0.1, -0.05) is 0 Å². The highest BCUT2D eigenvalue weighted by atomic mass is 16.5. The molecule has 2 heteroatoms. The molecule has 0 spiro atoms. The van der Waals surface area contributed by atoms with Crippen molar-refractivity contribution in [3.05, 3.63) is 0 Å². The maximum atomic E-state index is 5.38. The first kappa shape index (κ1) is 10.4. The first-order valence-electron chi connectivity index (χ1n) is 6.11. The highest BCUT2D eigenvalue weighted by Crippen LogP contribution is 2.43. The van der Waals surface area contributed by atoms with Crippen molar-refractivity contribution in [1.82, 2.24) is 5.32 Å². The summed E-state index contributed by atoms with van der Waals surface area (Å²) in [5.41, 5.74) is 0. The van der Waals surface area contributed by atoms with Gasteiger partial charge >= 0.3 is 0 Å². The van der Waals surface area contributed by atoms with E-state index in [1.807, 2.05) is 7.11 Å². The minimum atomic E-state index is 0.861. The molecule has 0 radical (unpaired) electrons. The highest BCUT2D eigenvalue weighted by molar-refractivity contribution is 4.86. The van der Waals surface area contributed by atoms with Gasteiger partial charge in [0.05, 0.1) is 0 Å². The molecule has 1 saturated heterocycles. The molecule has 1 saturated carbocycles. The van der Waals surface area contributed by atoms with Gasteiger partial charge in [-0.3, -0.25) is 0 Å². The number of methoxy groups -OCH3 is 1. The van der Waals surface area contributed by atoms with Gasteiger partial charge in [-0.25, -0.2) is 0 Å². The monoisotopic (exact) mass is 197 g/mol. The van der Waals surface area contributed by atoms with Gasteiger partial charge in [0.25, 0.3) is 0 Å². The zero-order chi connectivity index (χ0) is 9.80. The smallest absolute Gasteiger partial charge is 0.0495 e. The number of nitrogens with one attached hydrogen (secondary N) is 1. The third-order valence-corrected chi connectivity index (χ3v) is 3.81. The summed E-state index contributed by atoms with van der Waals surface area (Å²) < 4.78 is 5.38. The maximum absolute atomic E-state index is 5.38. The molecule has 2 rings (SSSR count). The lowest BCUT2D eigenvalue weighted by Gasteiger charge is -2.25. The second-order valence-corrected chi connectivity index (χ2v) is 4.90. The first-order valence-corrected chi connectivity index (χ1v) is 6.11. The van der Waals surface area contributed by atoms with E-state index in [4.69, 9.17) is 4.74 Å². The van der Waals surface area contributed by atoms with E-state index < -0.39 is 0 Å². The van der Waals surface area contributed by atoms with Crippen LogP contribution in [0.4, 0.5) is 0 Å². The van der Waals surface area contributed by atoms with Gasteiger partial charge in [0.1, 0.15) is 0 Å². The van der Waals surface area contributed by atoms with Crippen molar-refractivity contribution in [2.24, 2.45) is 17.8 Å². The molecule has 2 unspecified atom stereocenters. The van der Waals surface area contributed by atoms with E-state index in [0.717, 1.165) is 24.4 Å². The Hall–Kier alpha value is -0.0800. The van der Waals surface area contributed by atoms with Crippen LogP contribution in [0.5, 0.6) is 0 Å². The van der Waals surface area contributed by atoms with Gasteiger partial charge < -0.3 is 10.1 Å². The summed E-state index contributed by atoms with van der Waals surface area (Å²) in [6.45, 7) is 3.44. The van der Waals surface area contributed by atoms with Gasteiger partial charge in [-0.2, -0.15) is 0 Å². The fraction of sp³-hybridized carbons (Fsp3) is 1.00. The Morgan fingerprint density at radius 1 is 1.14 bits per heavy atom. The van der Waals surface area contributed by atoms with Crippen LogP contribution in [0.3, 0.4) is 0 Å². The summed E-state index contributed by atoms with van der Waals surface area (Å²) in [5, 5.41) is 3.49. The lowest BCUT2D eigenvalue weighted by Crippen LogP contribution is -2.23. The Morgan fingerprint density at radius 3 is 2.64 bits per heavy atom. The predicted octanol–water partition coefficient (Wildman–Crippen LogP) is 2.05. The molecule has 2 atom stereocenters. The topological polar surface area (TPSA) is 21.3 Å². The number of rotatable bonds is 4. The SMILES string of the molecule is COCC(C1CCCNCC1)C1CC1. The molecule has 14 heavy (non-hydrogen) atoms. The Morgan fingerprint density at radius 2 is 1.93 bits per heavy atom. The van der Waals surface area contributed by atoms with E-state index in [1.165, 1.54) is 45.2 Å². The Labute approximate surface area is 87.4 Å². The van der Waals surface area contributed by atoms with Crippen LogP contribution in [-0.4, -0.2) is 26.8 Å². The number of hydrogen-bond donors (Lipinski definition) is 1. The Bertz CT molecular complexity index is 160. The van der Waals surface area contributed by atoms with Crippen LogP contribution >= 0.6 is 0 Å². The van der Waals surface area contributed by atoms with Crippen LogP contribution in [-0.2, 0) is 4.74 Å². The highest BCUT2D eigenvalue weighted by Gasteiger charge is 2.36. The summed E-state index contributed by atoms with van der Waals surface area (Å²) in [6, 6.07) is 0. The van der Waals surface area contributed by atoms with Gasteiger partial charge in [-0.05, 0) is 62.9 Å².